The molecule has 2 rings (SSSR count). The van der Waals surface area contributed by atoms with Crippen LogP contribution in [0.15, 0.2) is 36.4 Å². The number of hydrogen-bond donors (Lipinski definition) is 1. The van der Waals surface area contributed by atoms with Crippen molar-refractivity contribution < 1.29 is 28.6 Å². The van der Waals surface area contributed by atoms with Crippen LogP contribution < -0.4 is 14.8 Å². The highest BCUT2D eigenvalue weighted by atomic mass is 16.6. The van der Waals surface area contributed by atoms with Gasteiger partial charge in [0.15, 0.2) is 30.5 Å². The Hall–Kier alpha value is -3.35. The maximum Gasteiger partial charge on any atom is 0.344 e. The predicted octanol–water partition coefficient (Wildman–Crippen LogP) is 3.89. The zero-order valence-corrected chi connectivity index (χ0v) is 17.9. The second-order valence-electron chi connectivity index (χ2n) is 7.11. The number of para-hydroxylation sites is 1. The summed E-state index contributed by atoms with van der Waals surface area (Å²) in [7, 11) is 1.44. The van der Waals surface area contributed by atoms with E-state index in [0.29, 0.717) is 17.1 Å². The Morgan fingerprint density at radius 2 is 1.77 bits per heavy atom. The molecule has 30 heavy (non-hydrogen) atoms. The molecule has 0 aliphatic carbocycles. The molecule has 2 aromatic rings. The van der Waals surface area contributed by atoms with Crippen molar-refractivity contribution in [1.82, 2.24) is 0 Å². The fourth-order valence-corrected chi connectivity index (χ4v) is 2.85. The number of ether oxygens (including phenoxy) is 3. The van der Waals surface area contributed by atoms with E-state index in [-0.39, 0.29) is 11.7 Å². The maximum atomic E-state index is 12.2. The standard InChI is InChI=1S/C23H27NO6/c1-14(2)18-8-6-7-15(3)23(18)24-21(26)12-30-22(27)13-29-19-10-9-17(16(4)25)11-20(19)28-5/h6-11,14H,12-13H2,1-5H3,(H,24,26). The van der Waals surface area contributed by atoms with Crippen LogP contribution in [0.3, 0.4) is 0 Å². The molecule has 0 saturated carbocycles. The first-order valence-electron chi connectivity index (χ1n) is 9.59. The third-order valence-corrected chi connectivity index (χ3v) is 4.47. The lowest BCUT2D eigenvalue weighted by molar-refractivity contribution is -0.149. The number of Topliss-reactive ketones (excluding diaryl/α,β-unsaturated/α-hetero) is 1. The molecule has 0 aliphatic heterocycles. The highest BCUT2D eigenvalue weighted by Gasteiger charge is 2.15. The fraction of sp³-hybridized carbons (Fsp3) is 0.348. The molecule has 0 radical (unpaired) electrons. The third-order valence-electron chi connectivity index (χ3n) is 4.47. The Kier molecular flexibility index (Phi) is 7.98. The van der Waals surface area contributed by atoms with E-state index in [9.17, 15) is 14.4 Å². The number of carbonyl (C=O) groups excluding carboxylic acids is 3. The van der Waals surface area contributed by atoms with E-state index in [0.717, 1.165) is 16.8 Å². The van der Waals surface area contributed by atoms with Gasteiger partial charge in [0.2, 0.25) is 0 Å². The largest absolute Gasteiger partial charge is 0.493 e. The van der Waals surface area contributed by atoms with Crippen LogP contribution in [0, 0.1) is 6.92 Å². The van der Waals surface area contributed by atoms with Gasteiger partial charge in [-0.15, -0.1) is 0 Å². The van der Waals surface area contributed by atoms with Gasteiger partial charge < -0.3 is 19.5 Å². The summed E-state index contributed by atoms with van der Waals surface area (Å²) in [4.78, 5) is 35.6. The Morgan fingerprint density at radius 1 is 1.03 bits per heavy atom. The van der Waals surface area contributed by atoms with Crippen molar-refractivity contribution in [2.75, 3.05) is 25.6 Å². The Bertz CT molecular complexity index is 935. The van der Waals surface area contributed by atoms with Gasteiger partial charge in [0.1, 0.15) is 0 Å². The molecule has 7 nitrogen and oxygen atoms in total. The number of anilines is 1. The van der Waals surface area contributed by atoms with Crippen LogP contribution in [0.25, 0.3) is 0 Å². The van der Waals surface area contributed by atoms with E-state index in [1.165, 1.54) is 20.1 Å². The first-order valence-corrected chi connectivity index (χ1v) is 9.59. The summed E-state index contributed by atoms with van der Waals surface area (Å²) in [6.45, 7) is 6.61. The van der Waals surface area contributed by atoms with Crippen LogP contribution in [-0.4, -0.2) is 38.0 Å². The Morgan fingerprint density at radius 3 is 2.40 bits per heavy atom. The van der Waals surface area contributed by atoms with E-state index in [1.54, 1.807) is 12.1 Å². The molecule has 0 spiro atoms. The van der Waals surface area contributed by atoms with Gasteiger partial charge in [-0.1, -0.05) is 32.0 Å². The topological polar surface area (TPSA) is 90.9 Å². The van der Waals surface area contributed by atoms with Crippen molar-refractivity contribution in [3.63, 3.8) is 0 Å². The van der Waals surface area contributed by atoms with Crippen LogP contribution in [0.2, 0.25) is 0 Å². The summed E-state index contributed by atoms with van der Waals surface area (Å²) < 4.78 is 15.6. The first kappa shape index (κ1) is 22.9. The van der Waals surface area contributed by atoms with Crippen molar-refractivity contribution in [2.24, 2.45) is 0 Å². The minimum absolute atomic E-state index is 0.112. The Balaban J connectivity index is 1.90. The van der Waals surface area contributed by atoms with Gasteiger partial charge in [0, 0.05) is 11.3 Å². The summed E-state index contributed by atoms with van der Waals surface area (Å²) in [5.41, 5.74) is 3.15. The van der Waals surface area contributed by atoms with Gasteiger partial charge in [-0.05, 0) is 49.1 Å². The van der Waals surface area contributed by atoms with E-state index < -0.39 is 25.1 Å². The number of ketones is 1. The first-order chi connectivity index (χ1) is 14.2. The molecule has 0 aromatic heterocycles. The molecule has 0 bridgehead atoms. The van der Waals surface area contributed by atoms with Crippen LogP contribution >= 0.6 is 0 Å². The SMILES string of the molecule is COc1cc(C(C)=O)ccc1OCC(=O)OCC(=O)Nc1c(C)cccc1C(C)C. The van der Waals surface area contributed by atoms with Crippen molar-refractivity contribution in [3.8, 4) is 11.5 Å². The lowest BCUT2D eigenvalue weighted by Crippen LogP contribution is -2.24. The minimum atomic E-state index is -0.697. The molecule has 1 N–H and O–H groups in total. The zero-order chi connectivity index (χ0) is 22.3. The normalized spacial score (nSPS) is 10.5. The van der Waals surface area contributed by atoms with Gasteiger partial charge >= 0.3 is 5.97 Å². The lowest BCUT2D eigenvalue weighted by Gasteiger charge is -2.16. The minimum Gasteiger partial charge on any atom is -0.493 e. The molecule has 1 amide bonds. The summed E-state index contributed by atoms with van der Waals surface area (Å²) in [5, 5.41) is 2.82. The number of esters is 1. The van der Waals surface area contributed by atoms with Crippen LogP contribution in [0.5, 0.6) is 11.5 Å². The van der Waals surface area contributed by atoms with E-state index in [1.807, 2.05) is 39.0 Å². The molecule has 0 atom stereocenters. The smallest absolute Gasteiger partial charge is 0.344 e. The monoisotopic (exact) mass is 413 g/mol. The summed E-state index contributed by atoms with van der Waals surface area (Å²) >= 11 is 0. The quantitative estimate of drug-likeness (QED) is 0.495. The van der Waals surface area contributed by atoms with Crippen molar-refractivity contribution in [2.45, 2.75) is 33.6 Å². The number of carbonyl (C=O) groups is 3. The van der Waals surface area contributed by atoms with Crippen LogP contribution in [-0.2, 0) is 14.3 Å². The van der Waals surface area contributed by atoms with Gasteiger partial charge in [0.25, 0.3) is 5.91 Å². The van der Waals surface area contributed by atoms with Gasteiger partial charge in [-0.3, -0.25) is 9.59 Å². The van der Waals surface area contributed by atoms with E-state index >= 15 is 0 Å². The maximum absolute atomic E-state index is 12.2. The highest BCUT2D eigenvalue weighted by molar-refractivity contribution is 5.95. The predicted molar refractivity (Wildman–Crippen MR) is 113 cm³/mol. The molecule has 0 unspecified atom stereocenters. The van der Waals surface area contributed by atoms with Gasteiger partial charge in [-0.25, -0.2) is 4.79 Å². The Labute approximate surface area is 176 Å². The molecule has 0 aliphatic rings. The number of benzene rings is 2. The molecule has 160 valence electrons. The highest BCUT2D eigenvalue weighted by Crippen LogP contribution is 2.29. The number of amides is 1. The van der Waals surface area contributed by atoms with Crippen molar-refractivity contribution >= 4 is 23.3 Å². The van der Waals surface area contributed by atoms with Gasteiger partial charge in [0.05, 0.1) is 7.11 Å². The number of hydrogen-bond acceptors (Lipinski definition) is 6. The van der Waals surface area contributed by atoms with Gasteiger partial charge in [-0.2, -0.15) is 0 Å². The number of nitrogens with one attached hydrogen (secondary N) is 1. The average molecular weight is 413 g/mol. The number of methoxy groups -OCH3 is 1. The molecule has 7 heteroatoms. The molecule has 0 heterocycles. The molecular weight excluding hydrogens is 386 g/mol. The summed E-state index contributed by atoms with van der Waals surface area (Å²) in [6.07, 6.45) is 0. The second-order valence-corrected chi connectivity index (χ2v) is 7.11. The van der Waals surface area contributed by atoms with Crippen molar-refractivity contribution in [1.29, 1.82) is 0 Å². The molecule has 0 fully saturated rings. The van der Waals surface area contributed by atoms with Crippen LogP contribution in [0.1, 0.15) is 48.2 Å². The van der Waals surface area contributed by atoms with Crippen LogP contribution in [0.4, 0.5) is 5.69 Å². The number of rotatable bonds is 9. The summed E-state index contributed by atoms with van der Waals surface area (Å²) in [6, 6.07) is 10.5. The second kappa shape index (κ2) is 10.4. The fourth-order valence-electron chi connectivity index (χ4n) is 2.85. The number of aryl methyl sites for hydroxylation is 1. The third kappa shape index (κ3) is 6.07. The zero-order valence-electron chi connectivity index (χ0n) is 17.9. The lowest BCUT2D eigenvalue weighted by atomic mass is 9.98. The molecule has 0 saturated heterocycles. The molecule has 2 aromatic carbocycles. The van der Waals surface area contributed by atoms with E-state index in [2.05, 4.69) is 5.32 Å². The van der Waals surface area contributed by atoms with Crippen molar-refractivity contribution in [3.05, 3.63) is 53.1 Å². The van der Waals surface area contributed by atoms with E-state index in [4.69, 9.17) is 14.2 Å². The molecular formula is C23H27NO6. The summed E-state index contributed by atoms with van der Waals surface area (Å²) in [5.74, 6) is -0.376. The average Bonchev–Trinajstić information content (AvgIpc) is 2.71.